The molecule has 28 heavy (non-hydrogen) atoms. The molecule has 0 aromatic carbocycles. The lowest BCUT2D eigenvalue weighted by Crippen LogP contribution is -2.63. The van der Waals surface area contributed by atoms with Gasteiger partial charge >= 0.3 is 0 Å². The second-order valence-corrected chi connectivity index (χ2v) is 12.3. The molecule has 0 amide bonds. The maximum atomic E-state index is 11.3. The van der Waals surface area contributed by atoms with Crippen molar-refractivity contribution in [3.8, 4) is 0 Å². The van der Waals surface area contributed by atoms with Crippen LogP contribution < -0.4 is 0 Å². The van der Waals surface area contributed by atoms with Crippen LogP contribution in [0.15, 0.2) is 12.7 Å². The van der Waals surface area contributed by atoms with Crippen LogP contribution in [0, 0.1) is 45.8 Å². The molecule has 5 unspecified atom stereocenters. The minimum absolute atomic E-state index is 0.135. The molecule has 5 saturated carbocycles. The van der Waals surface area contributed by atoms with Gasteiger partial charge in [0.25, 0.3) is 0 Å². The van der Waals surface area contributed by atoms with Crippen molar-refractivity contribution < 1.29 is 10.2 Å². The first-order chi connectivity index (χ1) is 13.2. The summed E-state index contributed by atoms with van der Waals surface area (Å²) in [5, 5.41) is 22.1. The molecule has 0 radical (unpaired) electrons. The van der Waals surface area contributed by atoms with E-state index in [9.17, 15) is 10.2 Å². The van der Waals surface area contributed by atoms with Gasteiger partial charge < -0.3 is 10.2 Å². The molecule has 0 aromatic heterocycles. The third-order valence-corrected chi connectivity index (χ3v) is 11.6. The Balaban J connectivity index is 1.49. The first-order valence-corrected chi connectivity index (χ1v) is 12.2. The highest BCUT2D eigenvalue weighted by atomic mass is 16.3. The van der Waals surface area contributed by atoms with E-state index in [1.54, 1.807) is 0 Å². The zero-order valence-corrected chi connectivity index (χ0v) is 18.4. The van der Waals surface area contributed by atoms with Crippen LogP contribution in [0.4, 0.5) is 0 Å². The summed E-state index contributed by atoms with van der Waals surface area (Å²) in [6.07, 6.45) is 15.0. The average molecular weight is 387 g/mol. The summed E-state index contributed by atoms with van der Waals surface area (Å²) in [7, 11) is 0. The van der Waals surface area contributed by atoms with Crippen LogP contribution in [0.1, 0.15) is 91.4 Å². The maximum Gasteiger partial charge on any atom is 0.0678 e. The predicted octanol–water partition coefficient (Wildman–Crippen LogP) is 5.72. The van der Waals surface area contributed by atoms with Crippen LogP contribution in [-0.4, -0.2) is 21.9 Å². The van der Waals surface area contributed by atoms with E-state index >= 15 is 0 Å². The number of hydrogen-bond acceptors (Lipinski definition) is 2. The second-order valence-electron chi connectivity index (χ2n) is 12.3. The summed E-state index contributed by atoms with van der Waals surface area (Å²) in [5.41, 5.74) is 0.275. The summed E-state index contributed by atoms with van der Waals surface area (Å²) in [6, 6.07) is 0. The smallest absolute Gasteiger partial charge is 0.0678 e. The third kappa shape index (κ3) is 2.28. The molecule has 5 aliphatic rings. The minimum atomic E-state index is -0.332. The van der Waals surface area contributed by atoms with E-state index in [4.69, 9.17) is 0 Å². The molecule has 0 aromatic rings. The highest BCUT2D eigenvalue weighted by molar-refractivity contribution is 5.18. The zero-order chi connectivity index (χ0) is 19.9. The highest BCUT2D eigenvalue weighted by Gasteiger charge is 2.66. The normalized spacial score (nSPS) is 60.9. The van der Waals surface area contributed by atoms with Crippen molar-refractivity contribution in [1.82, 2.24) is 0 Å². The Morgan fingerprint density at radius 2 is 1.54 bits per heavy atom. The van der Waals surface area contributed by atoms with E-state index in [2.05, 4.69) is 33.4 Å². The first-order valence-electron chi connectivity index (χ1n) is 12.2. The Kier molecular flexibility index (Phi) is 4.27. The van der Waals surface area contributed by atoms with Crippen molar-refractivity contribution in [3.63, 3.8) is 0 Å². The molecule has 158 valence electrons. The van der Waals surface area contributed by atoms with Crippen LogP contribution in [0.2, 0.25) is 0 Å². The molecule has 5 fully saturated rings. The highest BCUT2D eigenvalue weighted by Crippen LogP contribution is 2.72. The summed E-state index contributed by atoms with van der Waals surface area (Å²) >= 11 is 0. The number of aliphatic hydroxyl groups excluding tert-OH is 1. The third-order valence-electron chi connectivity index (χ3n) is 11.6. The quantitative estimate of drug-likeness (QED) is 0.566. The fourth-order valence-electron chi connectivity index (χ4n) is 10.2. The molecular formula is C26H42O2. The molecule has 0 heterocycles. The lowest BCUT2D eigenvalue weighted by molar-refractivity contribution is -0.214. The van der Waals surface area contributed by atoms with Crippen molar-refractivity contribution >= 4 is 0 Å². The van der Waals surface area contributed by atoms with Gasteiger partial charge in [0.1, 0.15) is 0 Å². The minimum Gasteiger partial charge on any atom is -0.392 e. The lowest BCUT2D eigenvalue weighted by Gasteiger charge is -2.69. The van der Waals surface area contributed by atoms with Crippen LogP contribution in [0.3, 0.4) is 0 Å². The zero-order valence-electron chi connectivity index (χ0n) is 18.4. The predicted molar refractivity (Wildman–Crippen MR) is 114 cm³/mol. The number of aliphatic hydroxyl groups is 2. The fourth-order valence-corrected chi connectivity index (χ4v) is 10.2. The van der Waals surface area contributed by atoms with Gasteiger partial charge in [-0.2, -0.15) is 0 Å². The molecule has 2 nitrogen and oxygen atoms in total. The number of rotatable bonds is 1. The Bertz CT molecular complexity index is 659. The molecule has 2 N–H and O–H groups in total. The van der Waals surface area contributed by atoms with E-state index in [0.717, 1.165) is 37.0 Å². The molecular weight excluding hydrogens is 344 g/mol. The largest absolute Gasteiger partial charge is 0.392 e. The molecule has 5 rings (SSSR count). The molecule has 5 aliphatic carbocycles. The SMILES string of the molecule is C=C[C@@]1(C)C2CC[C@@]3(C)C4CC[C@@]5(O)CCCC5C4CCC3[C@@]2(C)CC[C@@H]1O. The first kappa shape index (κ1) is 19.6. The molecule has 0 bridgehead atoms. The number of fused-ring (bicyclic) bond motifs is 7. The van der Waals surface area contributed by atoms with Gasteiger partial charge in [0.05, 0.1) is 11.7 Å². The topological polar surface area (TPSA) is 40.5 Å². The Hall–Kier alpha value is -0.340. The summed E-state index contributed by atoms with van der Waals surface area (Å²) in [4.78, 5) is 0. The van der Waals surface area contributed by atoms with Crippen LogP contribution in [0.25, 0.3) is 0 Å². The molecule has 0 saturated heterocycles. The van der Waals surface area contributed by atoms with Crippen molar-refractivity contribution in [3.05, 3.63) is 12.7 Å². The molecule has 2 heteroatoms. The Morgan fingerprint density at radius 1 is 0.786 bits per heavy atom. The standard InChI is InChI=1S/C26H42O2/c1-5-23(2)21-11-14-24(3)18-10-16-26(28)13-6-7-19(26)17(18)8-9-20(24)25(21,4)15-12-22(23)27/h5,17-22,27-28H,1,6-16H2,2-4H3/t17?,18?,19?,20?,21?,22-,23-,24-,25+,26-/m0/s1. The van der Waals surface area contributed by atoms with E-state index in [-0.39, 0.29) is 17.1 Å². The summed E-state index contributed by atoms with van der Waals surface area (Å²) in [5.74, 6) is 3.44. The summed E-state index contributed by atoms with van der Waals surface area (Å²) < 4.78 is 0. The molecule has 0 aliphatic heterocycles. The second kappa shape index (κ2) is 6.10. The maximum absolute atomic E-state index is 11.3. The monoisotopic (exact) mass is 386 g/mol. The van der Waals surface area contributed by atoms with Gasteiger partial charge in [-0.15, -0.1) is 6.58 Å². The van der Waals surface area contributed by atoms with Gasteiger partial charge in [-0.25, -0.2) is 0 Å². The van der Waals surface area contributed by atoms with Crippen LogP contribution in [0.5, 0.6) is 0 Å². The Morgan fingerprint density at radius 3 is 2.29 bits per heavy atom. The van der Waals surface area contributed by atoms with Crippen LogP contribution >= 0.6 is 0 Å². The van der Waals surface area contributed by atoms with E-state index in [1.165, 1.54) is 51.4 Å². The molecule has 10 atom stereocenters. The van der Waals surface area contributed by atoms with E-state index < -0.39 is 0 Å². The van der Waals surface area contributed by atoms with Gasteiger partial charge in [0, 0.05) is 5.41 Å². The summed E-state index contributed by atoms with van der Waals surface area (Å²) in [6.45, 7) is 11.7. The fraction of sp³-hybridized carbons (Fsp3) is 0.923. The van der Waals surface area contributed by atoms with Crippen molar-refractivity contribution in [2.24, 2.45) is 45.8 Å². The lowest BCUT2D eigenvalue weighted by atomic mass is 9.36. The van der Waals surface area contributed by atoms with Gasteiger partial charge in [0.15, 0.2) is 0 Å². The van der Waals surface area contributed by atoms with Crippen LogP contribution in [-0.2, 0) is 0 Å². The van der Waals surface area contributed by atoms with Crippen molar-refractivity contribution in [1.29, 1.82) is 0 Å². The number of hydrogen-bond donors (Lipinski definition) is 2. The van der Waals surface area contributed by atoms with Gasteiger partial charge in [-0.05, 0) is 105 Å². The van der Waals surface area contributed by atoms with Crippen molar-refractivity contribution in [2.75, 3.05) is 0 Å². The van der Waals surface area contributed by atoms with E-state index in [0.29, 0.717) is 22.7 Å². The van der Waals surface area contributed by atoms with E-state index in [1.807, 2.05) is 0 Å². The van der Waals surface area contributed by atoms with Crippen molar-refractivity contribution in [2.45, 2.75) is 103 Å². The van der Waals surface area contributed by atoms with Gasteiger partial charge in [-0.3, -0.25) is 0 Å². The Labute approximate surface area is 172 Å². The molecule has 0 spiro atoms. The van der Waals surface area contributed by atoms with Gasteiger partial charge in [-0.1, -0.05) is 33.3 Å². The van der Waals surface area contributed by atoms with Gasteiger partial charge in [0.2, 0.25) is 0 Å². The average Bonchev–Trinajstić information content (AvgIpc) is 3.06.